The molecular weight excluding hydrogens is 408 g/mol. The van der Waals surface area contributed by atoms with Crippen molar-refractivity contribution in [2.45, 2.75) is 44.4 Å². The van der Waals surface area contributed by atoms with Crippen LogP contribution in [0.2, 0.25) is 5.02 Å². The number of hydrogen-bond donors (Lipinski definition) is 2. The number of hydrogen-bond acceptors (Lipinski definition) is 5. The summed E-state index contributed by atoms with van der Waals surface area (Å²) in [5.41, 5.74) is 5.79. The van der Waals surface area contributed by atoms with Crippen molar-refractivity contribution in [3.8, 4) is 5.75 Å². The van der Waals surface area contributed by atoms with E-state index in [-0.39, 0.29) is 36.9 Å². The van der Waals surface area contributed by atoms with Gasteiger partial charge < -0.3 is 20.5 Å². The second kappa shape index (κ2) is 9.32. The van der Waals surface area contributed by atoms with Gasteiger partial charge in [0.25, 0.3) is 5.91 Å². The van der Waals surface area contributed by atoms with E-state index in [1.165, 1.54) is 18.3 Å². The zero-order valence-electron chi connectivity index (χ0n) is 15.4. The number of pyridine rings is 1. The third kappa shape index (κ3) is 5.74. The summed E-state index contributed by atoms with van der Waals surface area (Å²) in [5, 5.41) is 3.50. The molecule has 1 aromatic carbocycles. The summed E-state index contributed by atoms with van der Waals surface area (Å²) in [4.78, 5) is 27.5. The van der Waals surface area contributed by atoms with Gasteiger partial charge in [-0.2, -0.15) is 8.78 Å². The minimum absolute atomic E-state index is 0. The molecule has 0 aliphatic heterocycles. The third-order valence-electron chi connectivity index (χ3n) is 4.68. The van der Waals surface area contributed by atoms with Gasteiger partial charge in [0.15, 0.2) is 0 Å². The number of primary amides is 1. The second-order valence-corrected chi connectivity index (χ2v) is 7.21. The number of nitrogens with zero attached hydrogens (tertiary/aromatic N) is 1. The van der Waals surface area contributed by atoms with Gasteiger partial charge in [0, 0.05) is 25.1 Å². The van der Waals surface area contributed by atoms with Crippen molar-refractivity contribution < 1.29 is 29.3 Å². The number of ether oxygens (including phenoxy) is 2. The molecule has 158 valence electrons. The Hall–Kier alpha value is -2.52. The first-order valence-corrected chi connectivity index (χ1v) is 9.44. The maximum absolute atomic E-state index is 12.6. The zero-order chi connectivity index (χ0) is 21.0. The Labute approximate surface area is 172 Å². The zero-order valence-corrected chi connectivity index (χ0v) is 16.1. The number of amides is 2. The van der Waals surface area contributed by atoms with E-state index in [1.807, 2.05) is 0 Å². The number of rotatable bonds is 7. The van der Waals surface area contributed by atoms with Gasteiger partial charge in [0.1, 0.15) is 12.4 Å². The molecule has 0 unspecified atom stereocenters. The Morgan fingerprint density at radius 2 is 2.00 bits per heavy atom. The highest BCUT2D eigenvalue weighted by atomic mass is 35.5. The Morgan fingerprint density at radius 1 is 1.28 bits per heavy atom. The first-order chi connectivity index (χ1) is 13.8. The molecule has 10 heteroatoms. The highest BCUT2D eigenvalue weighted by molar-refractivity contribution is 6.32. The molecule has 0 bridgehead atoms. The number of alkyl halides is 2. The normalized spacial score (nSPS) is 19.3. The van der Waals surface area contributed by atoms with Crippen LogP contribution in [0.3, 0.4) is 0 Å². The summed E-state index contributed by atoms with van der Waals surface area (Å²) in [7, 11) is 0. The smallest absolute Gasteiger partial charge is 0.387 e. The number of fused-ring (bicyclic) bond motifs is 1. The molecule has 1 heterocycles. The number of nitrogens with two attached hydrogens (primary N) is 1. The topological polar surface area (TPSA) is 104 Å². The van der Waals surface area contributed by atoms with Gasteiger partial charge in [-0.25, -0.2) is 0 Å². The summed E-state index contributed by atoms with van der Waals surface area (Å²) in [6.07, 6.45) is 4.21. The van der Waals surface area contributed by atoms with E-state index in [2.05, 4.69) is 15.0 Å². The number of carbonyl (C=O) groups excluding carboxylic acids is 2. The summed E-state index contributed by atoms with van der Waals surface area (Å²) >= 11 is 5.97. The Morgan fingerprint density at radius 3 is 2.66 bits per heavy atom. The minimum atomic E-state index is -2.99. The summed E-state index contributed by atoms with van der Waals surface area (Å²) in [5.74, 6) is -0.962. The van der Waals surface area contributed by atoms with E-state index >= 15 is 0 Å². The summed E-state index contributed by atoms with van der Waals surface area (Å²) < 4.78 is 34.6. The van der Waals surface area contributed by atoms with Crippen molar-refractivity contribution in [3.63, 3.8) is 0 Å². The van der Waals surface area contributed by atoms with Crippen LogP contribution >= 0.6 is 11.6 Å². The third-order valence-corrected chi connectivity index (χ3v) is 4.98. The number of aromatic nitrogens is 1. The van der Waals surface area contributed by atoms with Gasteiger partial charge in [-0.15, -0.1) is 0 Å². The van der Waals surface area contributed by atoms with Crippen molar-refractivity contribution in [1.29, 1.82) is 0 Å². The van der Waals surface area contributed by atoms with E-state index in [4.69, 9.17) is 22.1 Å². The molecule has 0 spiro atoms. The first-order valence-electron chi connectivity index (χ1n) is 9.06. The molecule has 1 aliphatic rings. The molecule has 0 saturated heterocycles. The molecule has 1 saturated carbocycles. The lowest BCUT2D eigenvalue weighted by molar-refractivity contribution is -0.125. The molecule has 0 atom stereocenters. The molecule has 0 radical (unpaired) electrons. The average Bonchev–Trinajstić information content (AvgIpc) is 2.67. The van der Waals surface area contributed by atoms with Crippen LogP contribution < -0.4 is 15.8 Å². The van der Waals surface area contributed by atoms with Gasteiger partial charge in [-0.1, -0.05) is 11.6 Å². The Balaban J connectivity index is 0.00000320. The first kappa shape index (κ1) is 21.2. The molecule has 2 aromatic rings. The Bertz CT molecular complexity index is 911. The van der Waals surface area contributed by atoms with Crippen LogP contribution in [0.4, 0.5) is 8.78 Å². The number of halogens is 3. The van der Waals surface area contributed by atoms with Gasteiger partial charge in [-0.05, 0) is 37.8 Å². The molecule has 1 fully saturated rings. The number of nitrogens with one attached hydrogen (secondary N) is 1. The molecule has 3 rings (SSSR count). The predicted molar refractivity (Wildman–Crippen MR) is 104 cm³/mol. The second-order valence-electron chi connectivity index (χ2n) is 6.80. The standard InChI is InChI=1S/C19H20ClF2N3O4.H2/c20-14-6-10-5-11(8-24-15(10)7-16(14)29-19(21)22)18(27)25-12-1-3-13(4-2-12)28-9-17(23)26;/h5-8,12-13,19H,1-4,9H2,(H2,23,26)(H,25,27);1H. The van der Waals surface area contributed by atoms with E-state index in [0.29, 0.717) is 16.5 Å². The van der Waals surface area contributed by atoms with Crippen molar-refractivity contribution in [1.82, 2.24) is 10.3 Å². The van der Waals surface area contributed by atoms with Gasteiger partial charge in [0.05, 0.1) is 22.2 Å². The predicted octanol–water partition coefficient (Wildman–Crippen LogP) is 3.28. The van der Waals surface area contributed by atoms with Gasteiger partial charge >= 0.3 is 6.61 Å². The van der Waals surface area contributed by atoms with Crippen molar-refractivity contribution >= 4 is 34.3 Å². The van der Waals surface area contributed by atoms with Crippen LogP contribution in [0.25, 0.3) is 10.9 Å². The molecular formula is C19H22ClF2N3O4. The molecule has 29 heavy (non-hydrogen) atoms. The lowest BCUT2D eigenvalue weighted by atomic mass is 9.92. The highest BCUT2D eigenvalue weighted by Gasteiger charge is 2.24. The van der Waals surface area contributed by atoms with Crippen LogP contribution in [-0.4, -0.2) is 42.2 Å². The largest absolute Gasteiger partial charge is 0.433 e. The highest BCUT2D eigenvalue weighted by Crippen LogP contribution is 2.31. The van der Waals surface area contributed by atoms with Gasteiger partial charge in [0.2, 0.25) is 5.91 Å². The molecule has 2 amide bonds. The van der Waals surface area contributed by atoms with Crippen molar-refractivity contribution in [2.75, 3.05) is 6.61 Å². The maximum Gasteiger partial charge on any atom is 0.387 e. The summed E-state index contributed by atoms with van der Waals surface area (Å²) in [6.45, 7) is -3.09. The fourth-order valence-electron chi connectivity index (χ4n) is 3.28. The lowest BCUT2D eigenvalue weighted by Gasteiger charge is -2.28. The van der Waals surface area contributed by atoms with Crippen LogP contribution in [0, 0.1) is 0 Å². The Kier molecular flexibility index (Phi) is 6.81. The SMILES string of the molecule is NC(=O)COC1CCC(NC(=O)c2cnc3cc(OC(F)F)c(Cl)cc3c2)CC1.[HH]. The number of benzene rings is 1. The lowest BCUT2D eigenvalue weighted by Crippen LogP contribution is -2.39. The van der Waals surface area contributed by atoms with Crippen LogP contribution in [-0.2, 0) is 9.53 Å². The van der Waals surface area contributed by atoms with Crippen molar-refractivity contribution in [2.24, 2.45) is 5.73 Å². The fourth-order valence-corrected chi connectivity index (χ4v) is 3.50. The molecule has 1 aliphatic carbocycles. The van der Waals surface area contributed by atoms with Crippen LogP contribution in [0.15, 0.2) is 24.4 Å². The minimum Gasteiger partial charge on any atom is -0.433 e. The molecule has 3 N–H and O–H groups in total. The summed E-state index contributed by atoms with van der Waals surface area (Å²) in [6, 6.07) is 4.31. The van der Waals surface area contributed by atoms with E-state index in [1.54, 1.807) is 6.07 Å². The van der Waals surface area contributed by atoms with Gasteiger partial charge in [-0.3, -0.25) is 14.6 Å². The van der Waals surface area contributed by atoms with Crippen molar-refractivity contribution in [3.05, 3.63) is 35.0 Å². The van der Waals surface area contributed by atoms with E-state index in [0.717, 1.165) is 25.7 Å². The van der Waals surface area contributed by atoms with E-state index < -0.39 is 12.5 Å². The quantitative estimate of drug-likeness (QED) is 0.703. The monoisotopic (exact) mass is 429 g/mol. The molecule has 1 aromatic heterocycles. The fraction of sp³-hybridized carbons (Fsp3) is 0.421. The molecule has 7 nitrogen and oxygen atoms in total. The van der Waals surface area contributed by atoms with Crippen LogP contribution in [0.5, 0.6) is 5.75 Å². The van der Waals surface area contributed by atoms with Crippen LogP contribution in [0.1, 0.15) is 37.5 Å². The average molecular weight is 430 g/mol. The number of carbonyl (C=O) groups is 2. The van der Waals surface area contributed by atoms with E-state index in [9.17, 15) is 18.4 Å². The maximum atomic E-state index is 12.6.